The number of aryl methyl sites for hydroxylation is 1. The number of pyridine rings is 1. The largest absolute Gasteiger partial charge is 0.492 e. The molecular formula is C37H42ClN3O6. The van der Waals surface area contributed by atoms with Gasteiger partial charge in [-0.15, -0.1) is 0 Å². The number of rotatable bonds is 7. The molecule has 1 spiro atoms. The quantitative estimate of drug-likeness (QED) is 0.252. The van der Waals surface area contributed by atoms with Crippen LogP contribution in [0.5, 0.6) is 11.6 Å². The van der Waals surface area contributed by atoms with Crippen LogP contribution in [0.15, 0.2) is 54.7 Å². The first-order valence-corrected chi connectivity index (χ1v) is 16.6. The summed E-state index contributed by atoms with van der Waals surface area (Å²) in [7, 11) is 0. The summed E-state index contributed by atoms with van der Waals surface area (Å²) in [6.45, 7) is 12.3. The van der Waals surface area contributed by atoms with E-state index in [1.54, 1.807) is 12.3 Å². The smallest absolute Gasteiger partial charge is 0.315 e. The first-order chi connectivity index (χ1) is 22.2. The van der Waals surface area contributed by atoms with Crippen LogP contribution in [-0.2, 0) is 14.3 Å². The van der Waals surface area contributed by atoms with Crippen molar-refractivity contribution in [2.24, 2.45) is 5.41 Å². The fraction of sp³-hybridized carbons (Fsp3) is 0.459. The SMILES string of the molecule is Cc1cc(-c2ccccc2OCC(C)(C)C(=O)OC(C)(C)C)ccc1C(=O)N1CCC(N2C(=O)C3(CC3)Oc3ncc(Cl)cc32)CC1. The third kappa shape index (κ3) is 6.68. The van der Waals surface area contributed by atoms with Crippen LogP contribution in [0.2, 0.25) is 5.02 Å². The summed E-state index contributed by atoms with van der Waals surface area (Å²) in [6.07, 6.45) is 4.18. The van der Waals surface area contributed by atoms with Crippen molar-refractivity contribution in [3.05, 3.63) is 70.9 Å². The van der Waals surface area contributed by atoms with Crippen molar-refractivity contribution in [1.29, 1.82) is 0 Å². The van der Waals surface area contributed by atoms with Gasteiger partial charge in [0.05, 0.1) is 10.4 Å². The van der Waals surface area contributed by atoms with Crippen LogP contribution in [0.1, 0.15) is 76.2 Å². The van der Waals surface area contributed by atoms with Crippen molar-refractivity contribution in [2.75, 3.05) is 24.6 Å². The molecule has 6 rings (SSSR count). The average molecular weight is 660 g/mol. The maximum Gasteiger partial charge on any atom is 0.315 e. The summed E-state index contributed by atoms with van der Waals surface area (Å²) >= 11 is 6.25. The average Bonchev–Trinajstić information content (AvgIpc) is 3.80. The molecule has 10 heteroatoms. The van der Waals surface area contributed by atoms with Gasteiger partial charge in [-0.1, -0.05) is 41.9 Å². The Kier molecular flexibility index (Phi) is 8.49. The van der Waals surface area contributed by atoms with Gasteiger partial charge < -0.3 is 24.0 Å². The molecule has 1 aliphatic carbocycles. The first-order valence-electron chi connectivity index (χ1n) is 16.2. The maximum absolute atomic E-state index is 13.7. The number of anilines is 1. The zero-order chi connectivity index (χ0) is 33.7. The number of amides is 2. The predicted molar refractivity (Wildman–Crippen MR) is 180 cm³/mol. The van der Waals surface area contributed by atoms with Gasteiger partial charge in [-0.05, 0) is 83.7 Å². The standard InChI is InChI=1S/C37H42ClN3O6/c1-23-19-24(28-9-7-8-10-30(28)45-22-36(5,6)34(44)47-35(2,3)4)11-12-27(23)32(42)40-17-13-26(14-18-40)41-29-20-25(38)21-39-31(29)46-37(15-16-37)33(41)43/h7-12,19-21,26H,13-18,22H2,1-6H3. The molecule has 0 N–H and O–H groups in total. The number of piperidine rings is 1. The topological polar surface area (TPSA) is 98.3 Å². The summed E-state index contributed by atoms with van der Waals surface area (Å²) in [6, 6.07) is 15.1. The molecule has 0 atom stereocenters. The molecule has 0 radical (unpaired) electrons. The van der Waals surface area contributed by atoms with Gasteiger partial charge in [0, 0.05) is 49.3 Å². The molecule has 2 fully saturated rings. The Hall–Kier alpha value is -4.11. The summed E-state index contributed by atoms with van der Waals surface area (Å²) in [5, 5.41) is 0.447. The van der Waals surface area contributed by atoms with Crippen molar-refractivity contribution in [3.8, 4) is 22.8 Å². The molecule has 2 aromatic carbocycles. The summed E-state index contributed by atoms with van der Waals surface area (Å²) in [4.78, 5) is 48.1. The fourth-order valence-electron chi connectivity index (χ4n) is 6.15. The molecule has 2 aliphatic heterocycles. The van der Waals surface area contributed by atoms with Crippen LogP contribution in [0.3, 0.4) is 0 Å². The summed E-state index contributed by atoms with van der Waals surface area (Å²) in [5.74, 6) is 0.698. The molecule has 2 amide bonds. The van der Waals surface area contributed by atoms with Gasteiger partial charge in [0.2, 0.25) is 5.88 Å². The molecule has 47 heavy (non-hydrogen) atoms. The molecule has 1 saturated heterocycles. The van der Waals surface area contributed by atoms with E-state index in [2.05, 4.69) is 4.98 Å². The minimum Gasteiger partial charge on any atom is -0.492 e. The normalized spacial score (nSPS) is 17.6. The van der Waals surface area contributed by atoms with E-state index in [1.165, 1.54) is 0 Å². The van der Waals surface area contributed by atoms with Crippen molar-refractivity contribution in [3.63, 3.8) is 0 Å². The number of hydrogen-bond donors (Lipinski definition) is 0. The highest BCUT2D eigenvalue weighted by atomic mass is 35.5. The Balaban J connectivity index is 1.13. The number of likely N-dealkylation sites (tertiary alicyclic amines) is 1. The molecular weight excluding hydrogens is 618 g/mol. The molecule has 0 bridgehead atoms. The summed E-state index contributed by atoms with van der Waals surface area (Å²) in [5.41, 5.74) is 1.64. The second kappa shape index (κ2) is 12.2. The number of carbonyl (C=O) groups excluding carboxylic acids is 3. The highest BCUT2D eigenvalue weighted by molar-refractivity contribution is 6.31. The molecule has 0 unspecified atom stereocenters. The van der Waals surface area contributed by atoms with E-state index in [9.17, 15) is 14.4 Å². The van der Waals surface area contributed by atoms with E-state index in [0.29, 0.717) is 66.7 Å². The Morgan fingerprint density at radius 2 is 1.74 bits per heavy atom. The predicted octanol–water partition coefficient (Wildman–Crippen LogP) is 7.02. The van der Waals surface area contributed by atoms with E-state index < -0.39 is 16.6 Å². The number of para-hydroxylation sites is 1. The molecule has 3 heterocycles. The number of fused-ring (bicyclic) bond motifs is 1. The van der Waals surface area contributed by atoms with Crippen LogP contribution in [0.4, 0.5) is 5.69 Å². The number of ether oxygens (including phenoxy) is 3. The van der Waals surface area contributed by atoms with Crippen molar-refractivity contribution in [1.82, 2.24) is 9.88 Å². The van der Waals surface area contributed by atoms with E-state index in [-0.39, 0.29) is 30.4 Å². The number of halogens is 1. The zero-order valence-corrected chi connectivity index (χ0v) is 28.6. The van der Waals surface area contributed by atoms with Gasteiger partial charge in [0.25, 0.3) is 11.8 Å². The van der Waals surface area contributed by atoms with Gasteiger partial charge in [-0.25, -0.2) is 4.98 Å². The van der Waals surface area contributed by atoms with Crippen LogP contribution in [-0.4, -0.2) is 64.6 Å². The first kappa shape index (κ1) is 32.8. The second-order valence-electron chi connectivity index (χ2n) is 14.5. The highest BCUT2D eigenvalue weighted by Gasteiger charge is 2.59. The molecule has 1 aromatic heterocycles. The molecule has 3 aromatic rings. The van der Waals surface area contributed by atoms with E-state index in [4.69, 9.17) is 25.8 Å². The van der Waals surface area contributed by atoms with Crippen molar-refractivity contribution in [2.45, 2.75) is 84.5 Å². The minimum absolute atomic E-state index is 0.0341. The van der Waals surface area contributed by atoms with Gasteiger partial charge in [-0.3, -0.25) is 14.4 Å². The number of carbonyl (C=O) groups is 3. The van der Waals surface area contributed by atoms with Crippen molar-refractivity contribution < 1.29 is 28.6 Å². The van der Waals surface area contributed by atoms with Crippen LogP contribution < -0.4 is 14.4 Å². The van der Waals surface area contributed by atoms with Crippen molar-refractivity contribution >= 4 is 35.1 Å². The zero-order valence-electron chi connectivity index (χ0n) is 27.9. The Labute approximate surface area is 281 Å². The highest BCUT2D eigenvalue weighted by Crippen LogP contribution is 2.50. The van der Waals surface area contributed by atoms with Gasteiger partial charge in [-0.2, -0.15) is 0 Å². The Morgan fingerprint density at radius 1 is 1.04 bits per heavy atom. The van der Waals surface area contributed by atoms with Gasteiger partial charge in [0.1, 0.15) is 23.6 Å². The molecule has 9 nitrogen and oxygen atoms in total. The lowest BCUT2D eigenvalue weighted by molar-refractivity contribution is -0.167. The third-order valence-electron chi connectivity index (χ3n) is 8.97. The molecule has 3 aliphatic rings. The molecule has 1 saturated carbocycles. The monoisotopic (exact) mass is 659 g/mol. The fourth-order valence-corrected chi connectivity index (χ4v) is 6.30. The van der Waals surface area contributed by atoms with Crippen LogP contribution in [0.25, 0.3) is 11.1 Å². The number of benzene rings is 2. The summed E-state index contributed by atoms with van der Waals surface area (Å²) < 4.78 is 17.8. The van der Waals surface area contributed by atoms with Gasteiger partial charge in [0.15, 0.2) is 5.60 Å². The van der Waals surface area contributed by atoms with Gasteiger partial charge >= 0.3 is 5.97 Å². The lowest BCUT2D eigenvalue weighted by Crippen LogP contribution is -2.55. The third-order valence-corrected chi connectivity index (χ3v) is 9.18. The number of nitrogens with zero attached hydrogens (tertiary/aromatic N) is 3. The number of aromatic nitrogens is 1. The van der Waals surface area contributed by atoms with E-state index in [1.807, 2.05) is 93.8 Å². The lowest BCUT2D eigenvalue weighted by atomic mass is 9.94. The minimum atomic E-state index is -0.845. The number of esters is 1. The Morgan fingerprint density at radius 3 is 2.40 bits per heavy atom. The van der Waals surface area contributed by atoms with Crippen LogP contribution in [0, 0.1) is 12.3 Å². The van der Waals surface area contributed by atoms with Crippen LogP contribution >= 0.6 is 11.6 Å². The lowest BCUT2D eigenvalue weighted by Gasteiger charge is -2.42. The maximum atomic E-state index is 13.7. The second-order valence-corrected chi connectivity index (χ2v) is 14.9. The number of hydrogen-bond acceptors (Lipinski definition) is 7. The van der Waals surface area contributed by atoms with E-state index in [0.717, 1.165) is 16.7 Å². The van der Waals surface area contributed by atoms with E-state index >= 15 is 0 Å². The molecule has 248 valence electrons. The Bertz CT molecular complexity index is 1720.